The highest BCUT2D eigenvalue weighted by molar-refractivity contribution is 5.96. The van der Waals surface area contributed by atoms with Gasteiger partial charge in [-0.3, -0.25) is 9.59 Å². The Labute approximate surface area is 136 Å². The van der Waals surface area contributed by atoms with Crippen molar-refractivity contribution in [1.29, 1.82) is 0 Å². The molecule has 0 heterocycles. The maximum absolute atomic E-state index is 12.0. The molecule has 0 aliphatic rings. The van der Waals surface area contributed by atoms with Gasteiger partial charge in [0.15, 0.2) is 0 Å². The third-order valence-corrected chi connectivity index (χ3v) is 3.68. The van der Waals surface area contributed by atoms with Crippen LogP contribution in [0.4, 0.5) is 0 Å². The highest BCUT2D eigenvalue weighted by Gasteiger charge is 2.11. The second kappa shape index (κ2) is 7.58. The van der Waals surface area contributed by atoms with E-state index < -0.39 is 0 Å². The summed E-state index contributed by atoms with van der Waals surface area (Å²) < 4.78 is 0. The van der Waals surface area contributed by atoms with Gasteiger partial charge in [-0.05, 0) is 38.5 Å². The van der Waals surface area contributed by atoms with Crippen molar-refractivity contribution in [3.05, 3.63) is 70.8 Å². The number of nitrogens with one attached hydrogen (secondary N) is 2. The molecule has 0 aromatic heterocycles. The van der Waals surface area contributed by atoms with Crippen molar-refractivity contribution in [1.82, 2.24) is 10.6 Å². The molecular weight excluding hydrogens is 288 g/mol. The van der Waals surface area contributed by atoms with Gasteiger partial charge < -0.3 is 10.6 Å². The first-order chi connectivity index (χ1) is 11.0. The monoisotopic (exact) mass is 310 g/mol. The first-order valence-electron chi connectivity index (χ1n) is 7.66. The molecule has 4 heteroatoms. The van der Waals surface area contributed by atoms with E-state index in [1.807, 2.05) is 57.2 Å². The largest absolute Gasteiger partial charge is 0.348 e. The van der Waals surface area contributed by atoms with Crippen molar-refractivity contribution in [3.8, 4) is 0 Å². The van der Waals surface area contributed by atoms with E-state index in [1.165, 1.54) is 5.56 Å². The number of benzene rings is 2. The van der Waals surface area contributed by atoms with Crippen LogP contribution in [-0.4, -0.2) is 18.4 Å². The minimum absolute atomic E-state index is 0.0388. The summed E-state index contributed by atoms with van der Waals surface area (Å²) in [6.07, 6.45) is 0. The molecule has 2 N–H and O–H groups in total. The van der Waals surface area contributed by atoms with Crippen LogP contribution in [0.1, 0.15) is 40.0 Å². The average molecular weight is 310 g/mol. The van der Waals surface area contributed by atoms with Gasteiger partial charge in [-0.2, -0.15) is 0 Å². The number of hydrogen-bond acceptors (Lipinski definition) is 2. The minimum Gasteiger partial charge on any atom is -0.348 e. The van der Waals surface area contributed by atoms with Crippen LogP contribution in [0.5, 0.6) is 0 Å². The van der Waals surface area contributed by atoms with Gasteiger partial charge in [0.1, 0.15) is 0 Å². The van der Waals surface area contributed by atoms with Gasteiger partial charge in [-0.25, -0.2) is 0 Å². The first kappa shape index (κ1) is 16.7. The van der Waals surface area contributed by atoms with Crippen LogP contribution in [0.25, 0.3) is 0 Å². The Morgan fingerprint density at radius 1 is 0.913 bits per heavy atom. The van der Waals surface area contributed by atoms with Crippen LogP contribution >= 0.6 is 0 Å². The van der Waals surface area contributed by atoms with Gasteiger partial charge in [0, 0.05) is 5.56 Å². The van der Waals surface area contributed by atoms with E-state index in [4.69, 9.17) is 0 Å². The number of aryl methyl sites for hydroxylation is 2. The maximum atomic E-state index is 12.0. The van der Waals surface area contributed by atoms with Gasteiger partial charge in [0.05, 0.1) is 12.6 Å². The molecule has 120 valence electrons. The van der Waals surface area contributed by atoms with Crippen molar-refractivity contribution in [2.24, 2.45) is 0 Å². The normalized spacial score (nSPS) is 11.6. The van der Waals surface area contributed by atoms with E-state index >= 15 is 0 Å². The van der Waals surface area contributed by atoms with Crippen LogP contribution in [-0.2, 0) is 4.79 Å². The van der Waals surface area contributed by atoms with Crippen molar-refractivity contribution < 1.29 is 9.59 Å². The lowest BCUT2D eigenvalue weighted by molar-refractivity contribution is -0.120. The second-order valence-corrected chi connectivity index (χ2v) is 5.75. The van der Waals surface area contributed by atoms with Crippen LogP contribution in [0.15, 0.2) is 48.5 Å². The predicted molar refractivity (Wildman–Crippen MR) is 91.2 cm³/mol. The van der Waals surface area contributed by atoms with Crippen LogP contribution in [0.3, 0.4) is 0 Å². The Balaban J connectivity index is 1.83. The molecule has 0 bridgehead atoms. The van der Waals surface area contributed by atoms with Crippen molar-refractivity contribution in [3.63, 3.8) is 0 Å². The Bertz CT molecular complexity index is 676. The summed E-state index contributed by atoms with van der Waals surface area (Å²) in [5.74, 6) is -0.457. The molecule has 1 unspecified atom stereocenters. The summed E-state index contributed by atoms with van der Waals surface area (Å²) in [5.41, 5.74) is 3.85. The topological polar surface area (TPSA) is 58.2 Å². The average Bonchev–Trinajstić information content (AvgIpc) is 2.54. The number of carbonyl (C=O) groups excluding carboxylic acids is 2. The SMILES string of the molecule is Cc1ccc(C(=O)NCC(=O)NC(C)c2ccc(C)cc2)cc1. The van der Waals surface area contributed by atoms with Crippen LogP contribution in [0, 0.1) is 13.8 Å². The Morgan fingerprint density at radius 3 is 2.00 bits per heavy atom. The highest BCUT2D eigenvalue weighted by Crippen LogP contribution is 2.12. The Morgan fingerprint density at radius 2 is 1.43 bits per heavy atom. The predicted octanol–water partition coefficient (Wildman–Crippen LogP) is 2.91. The molecule has 0 fully saturated rings. The number of amides is 2. The van der Waals surface area contributed by atoms with E-state index in [9.17, 15) is 9.59 Å². The molecule has 0 radical (unpaired) electrons. The summed E-state index contributed by atoms with van der Waals surface area (Å²) >= 11 is 0. The standard InChI is InChI=1S/C19H22N2O2/c1-13-4-8-16(9-5-13)15(3)21-18(22)12-20-19(23)17-10-6-14(2)7-11-17/h4-11,15H,12H2,1-3H3,(H,20,23)(H,21,22). The number of carbonyl (C=O) groups is 2. The third-order valence-electron chi connectivity index (χ3n) is 3.68. The Kier molecular flexibility index (Phi) is 5.52. The lowest BCUT2D eigenvalue weighted by Gasteiger charge is -2.15. The molecule has 0 spiro atoms. The molecule has 23 heavy (non-hydrogen) atoms. The van der Waals surface area contributed by atoms with Crippen LogP contribution < -0.4 is 10.6 Å². The van der Waals surface area contributed by atoms with Crippen molar-refractivity contribution in [2.75, 3.05) is 6.54 Å². The van der Waals surface area contributed by atoms with Gasteiger partial charge in [0.2, 0.25) is 5.91 Å². The van der Waals surface area contributed by atoms with Gasteiger partial charge in [0.25, 0.3) is 5.91 Å². The summed E-state index contributed by atoms with van der Waals surface area (Å²) in [6, 6.07) is 15.1. The molecule has 2 aromatic carbocycles. The van der Waals surface area contributed by atoms with E-state index in [-0.39, 0.29) is 24.4 Å². The third kappa shape index (κ3) is 4.95. The fourth-order valence-corrected chi connectivity index (χ4v) is 2.20. The van der Waals surface area contributed by atoms with E-state index in [0.717, 1.165) is 11.1 Å². The molecule has 0 saturated heterocycles. The van der Waals surface area contributed by atoms with E-state index in [2.05, 4.69) is 10.6 Å². The summed E-state index contributed by atoms with van der Waals surface area (Å²) in [6.45, 7) is 5.86. The molecule has 2 aromatic rings. The smallest absolute Gasteiger partial charge is 0.251 e. The molecule has 0 saturated carbocycles. The van der Waals surface area contributed by atoms with Crippen LogP contribution in [0.2, 0.25) is 0 Å². The maximum Gasteiger partial charge on any atom is 0.251 e. The number of rotatable bonds is 5. The number of hydrogen-bond donors (Lipinski definition) is 2. The molecule has 4 nitrogen and oxygen atoms in total. The fourth-order valence-electron chi connectivity index (χ4n) is 2.20. The summed E-state index contributed by atoms with van der Waals surface area (Å²) in [4.78, 5) is 23.9. The molecule has 0 aliphatic heterocycles. The lowest BCUT2D eigenvalue weighted by atomic mass is 10.1. The molecule has 1 atom stereocenters. The van der Waals surface area contributed by atoms with Crippen molar-refractivity contribution in [2.45, 2.75) is 26.8 Å². The molecule has 0 aliphatic carbocycles. The van der Waals surface area contributed by atoms with E-state index in [0.29, 0.717) is 5.56 Å². The zero-order chi connectivity index (χ0) is 16.8. The second-order valence-electron chi connectivity index (χ2n) is 5.75. The minimum atomic E-state index is -0.247. The highest BCUT2D eigenvalue weighted by atomic mass is 16.2. The zero-order valence-electron chi connectivity index (χ0n) is 13.7. The lowest BCUT2D eigenvalue weighted by Crippen LogP contribution is -2.38. The Hall–Kier alpha value is -2.62. The molecular formula is C19H22N2O2. The van der Waals surface area contributed by atoms with Gasteiger partial charge >= 0.3 is 0 Å². The first-order valence-corrected chi connectivity index (χ1v) is 7.66. The van der Waals surface area contributed by atoms with E-state index in [1.54, 1.807) is 12.1 Å². The summed E-state index contributed by atoms with van der Waals surface area (Å²) in [7, 11) is 0. The van der Waals surface area contributed by atoms with Gasteiger partial charge in [-0.1, -0.05) is 47.5 Å². The van der Waals surface area contributed by atoms with Crippen molar-refractivity contribution >= 4 is 11.8 Å². The zero-order valence-corrected chi connectivity index (χ0v) is 13.7. The molecule has 2 amide bonds. The molecule has 2 rings (SSSR count). The quantitative estimate of drug-likeness (QED) is 0.892. The summed E-state index contributed by atoms with van der Waals surface area (Å²) in [5, 5.41) is 5.51. The fraction of sp³-hybridized carbons (Fsp3) is 0.263. The van der Waals surface area contributed by atoms with Gasteiger partial charge in [-0.15, -0.1) is 0 Å².